The van der Waals surface area contributed by atoms with Gasteiger partial charge in [0.1, 0.15) is 24.2 Å². The molecule has 0 saturated carbocycles. The number of hydrogen-bond acceptors (Lipinski definition) is 9. The van der Waals surface area contributed by atoms with Crippen LogP contribution in [-0.4, -0.2) is 61.0 Å². The Morgan fingerprint density at radius 3 is 2.53 bits per heavy atom. The van der Waals surface area contributed by atoms with Crippen LogP contribution < -0.4 is 20.1 Å². The highest BCUT2D eigenvalue weighted by molar-refractivity contribution is 5.78. The number of carbonyl (C=O) groups is 2. The van der Waals surface area contributed by atoms with Crippen LogP contribution in [0.2, 0.25) is 0 Å². The van der Waals surface area contributed by atoms with Crippen LogP contribution in [0.15, 0.2) is 6.07 Å². The molecule has 0 fully saturated rings. The van der Waals surface area contributed by atoms with Gasteiger partial charge in [-0.1, -0.05) is 6.92 Å². The highest BCUT2D eigenvalue weighted by Crippen LogP contribution is 2.33. The summed E-state index contributed by atoms with van der Waals surface area (Å²) in [6.07, 6.45) is -0.520. The molecular weight excluding hydrogens is 422 g/mol. The number of carbonyl (C=O) groups excluding carboxylic acids is 2. The van der Waals surface area contributed by atoms with Crippen LogP contribution in [0.4, 0.5) is 0 Å². The van der Waals surface area contributed by atoms with Gasteiger partial charge in [-0.3, -0.25) is 9.59 Å². The summed E-state index contributed by atoms with van der Waals surface area (Å²) >= 11 is 0. The van der Waals surface area contributed by atoms with Crippen molar-refractivity contribution in [2.45, 2.75) is 47.1 Å². The van der Waals surface area contributed by atoms with E-state index in [0.717, 1.165) is 16.7 Å². The van der Waals surface area contributed by atoms with Crippen molar-refractivity contribution in [3.05, 3.63) is 32.9 Å². The number of benzene rings is 1. The Morgan fingerprint density at radius 1 is 1.22 bits per heavy atom. The minimum absolute atomic E-state index is 0.0689. The zero-order chi connectivity index (χ0) is 24.3. The minimum atomic E-state index is -0.884. The summed E-state index contributed by atoms with van der Waals surface area (Å²) in [6, 6.07) is 1.77. The standard InChI is InChI=1S/C21H33N3O8/c1-13(6-9-31-24(28)29)21(27)23-8-7-22-11-18(26)12-30-19-10-14(2)20(32-17(5)25)16(4)15(19)3/h10,13,18,22,26H,6-9,11-12H2,1-5H3,(H,23,27). The Labute approximate surface area is 187 Å². The van der Waals surface area contributed by atoms with Crippen LogP contribution in [0.3, 0.4) is 0 Å². The summed E-state index contributed by atoms with van der Waals surface area (Å²) in [6.45, 7) is 9.53. The van der Waals surface area contributed by atoms with Crippen molar-refractivity contribution in [1.29, 1.82) is 0 Å². The van der Waals surface area contributed by atoms with Crippen molar-refractivity contribution in [2.75, 3.05) is 32.8 Å². The van der Waals surface area contributed by atoms with Crippen LogP contribution in [0.25, 0.3) is 0 Å². The molecule has 1 rings (SSSR count). The quantitative estimate of drug-likeness (QED) is 0.124. The Hall–Kier alpha value is -2.92. The third kappa shape index (κ3) is 9.48. The Morgan fingerprint density at radius 2 is 1.91 bits per heavy atom. The molecule has 0 bridgehead atoms. The first-order valence-electron chi connectivity index (χ1n) is 10.4. The molecule has 0 aliphatic heterocycles. The maximum atomic E-state index is 11.9. The van der Waals surface area contributed by atoms with Gasteiger partial charge >= 0.3 is 5.97 Å². The molecule has 32 heavy (non-hydrogen) atoms. The van der Waals surface area contributed by atoms with Crippen molar-refractivity contribution in [3.63, 3.8) is 0 Å². The molecule has 0 aliphatic carbocycles. The number of rotatable bonds is 14. The number of nitrogens with zero attached hydrogens (tertiary/aromatic N) is 1. The predicted molar refractivity (Wildman–Crippen MR) is 116 cm³/mol. The molecular formula is C21H33N3O8. The van der Waals surface area contributed by atoms with Gasteiger partial charge in [-0.15, -0.1) is 10.1 Å². The van der Waals surface area contributed by atoms with Gasteiger partial charge in [0, 0.05) is 32.5 Å². The van der Waals surface area contributed by atoms with Gasteiger partial charge < -0.3 is 30.1 Å². The maximum absolute atomic E-state index is 11.9. The van der Waals surface area contributed by atoms with Gasteiger partial charge in [0.2, 0.25) is 5.91 Å². The molecule has 0 spiro atoms. The zero-order valence-electron chi connectivity index (χ0n) is 19.2. The summed E-state index contributed by atoms with van der Waals surface area (Å²) in [7, 11) is 0. The van der Waals surface area contributed by atoms with Crippen LogP contribution in [0, 0.1) is 36.8 Å². The number of nitrogens with one attached hydrogen (secondary N) is 2. The molecule has 1 aromatic rings. The third-order valence-electron chi connectivity index (χ3n) is 4.83. The van der Waals surface area contributed by atoms with Crippen molar-refractivity contribution < 1.29 is 34.1 Å². The molecule has 11 heteroatoms. The van der Waals surface area contributed by atoms with E-state index in [1.165, 1.54) is 6.92 Å². The second-order valence-electron chi connectivity index (χ2n) is 7.57. The number of esters is 1. The van der Waals surface area contributed by atoms with E-state index in [-0.39, 0.29) is 38.1 Å². The predicted octanol–water partition coefficient (Wildman–Crippen LogP) is 1.22. The van der Waals surface area contributed by atoms with E-state index in [2.05, 4.69) is 15.5 Å². The second kappa shape index (κ2) is 13.5. The van der Waals surface area contributed by atoms with Crippen molar-refractivity contribution >= 4 is 11.9 Å². The van der Waals surface area contributed by atoms with Crippen molar-refractivity contribution in [1.82, 2.24) is 10.6 Å². The summed E-state index contributed by atoms with van der Waals surface area (Å²) in [5.41, 5.74) is 2.39. The third-order valence-corrected chi connectivity index (χ3v) is 4.83. The number of aliphatic hydroxyl groups excluding tert-OH is 1. The van der Waals surface area contributed by atoms with Crippen LogP contribution in [-0.2, 0) is 14.4 Å². The number of aryl methyl sites for hydroxylation is 1. The average molecular weight is 456 g/mol. The first-order chi connectivity index (χ1) is 15.0. The fraction of sp³-hybridized carbons (Fsp3) is 0.619. The topological polar surface area (TPSA) is 149 Å². The maximum Gasteiger partial charge on any atom is 0.308 e. The van der Waals surface area contributed by atoms with Crippen molar-refractivity contribution in [2.24, 2.45) is 5.92 Å². The summed E-state index contributed by atoms with van der Waals surface area (Å²) in [4.78, 5) is 37.4. The van der Waals surface area contributed by atoms with E-state index in [1.807, 2.05) is 20.8 Å². The summed E-state index contributed by atoms with van der Waals surface area (Å²) in [5, 5.41) is 25.1. The Bertz CT molecular complexity index is 800. The van der Waals surface area contributed by atoms with Gasteiger partial charge in [0.15, 0.2) is 0 Å². The molecule has 0 heterocycles. The monoisotopic (exact) mass is 455 g/mol. The lowest BCUT2D eigenvalue weighted by molar-refractivity contribution is -0.758. The van der Waals surface area contributed by atoms with Crippen LogP contribution in [0.1, 0.15) is 37.0 Å². The van der Waals surface area contributed by atoms with E-state index in [4.69, 9.17) is 9.47 Å². The van der Waals surface area contributed by atoms with Gasteiger partial charge in [-0.2, -0.15) is 0 Å². The lowest BCUT2D eigenvalue weighted by atomic mass is 10.0. The molecule has 2 unspecified atom stereocenters. The van der Waals surface area contributed by atoms with Gasteiger partial charge in [0.05, 0.1) is 6.61 Å². The smallest absolute Gasteiger partial charge is 0.308 e. The molecule has 0 radical (unpaired) electrons. The molecule has 0 saturated heterocycles. The number of ether oxygens (including phenoxy) is 2. The Kier molecular flexibility index (Phi) is 11.4. The molecule has 2 atom stereocenters. The molecule has 3 N–H and O–H groups in total. The van der Waals surface area contributed by atoms with E-state index in [1.54, 1.807) is 13.0 Å². The average Bonchev–Trinajstić information content (AvgIpc) is 2.71. The fourth-order valence-corrected chi connectivity index (χ4v) is 2.87. The first-order valence-corrected chi connectivity index (χ1v) is 10.4. The highest BCUT2D eigenvalue weighted by atomic mass is 16.9. The van der Waals surface area contributed by atoms with E-state index in [9.17, 15) is 24.8 Å². The lowest BCUT2D eigenvalue weighted by Crippen LogP contribution is -2.38. The molecule has 11 nitrogen and oxygen atoms in total. The van der Waals surface area contributed by atoms with E-state index >= 15 is 0 Å². The number of amides is 1. The summed E-state index contributed by atoms with van der Waals surface area (Å²) in [5.74, 6) is 0.112. The number of hydrogen-bond donors (Lipinski definition) is 3. The largest absolute Gasteiger partial charge is 0.491 e. The summed E-state index contributed by atoms with van der Waals surface area (Å²) < 4.78 is 11.0. The van der Waals surface area contributed by atoms with Gasteiger partial charge in [0.25, 0.3) is 5.09 Å². The fourth-order valence-electron chi connectivity index (χ4n) is 2.87. The molecule has 1 amide bonds. The lowest BCUT2D eigenvalue weighted by Gasteiger charge is -2.18. The molecule has 0 aromatic heterocycles. The number of aliphatic hydroxyl groups is 1. The van der Waals surface area contributed by atoms with Gasteiger partial charge in [-0.25, -0.2) is 0 Å². The normalized spacial score (nSPS) is 12.6. The molecule has 180 valence electrons. The van der Waals surface area contributed by atoms with Crippen LogP contribution >= 0.6 is 0 Å². The molecule has 1 aromatic carbocycles. The zero-order valence-corrected chi connectivity index (χ0v) is 19.2. The van der Waals surface area contributed by atoms with Crippen molar-refractivity contribution in [3.8, 4) is 11.5 Å². The SMILES string of the molecule is CC(=O)Oc1c(C)cc(OCC(O)CNCCNC(=O)C(C)CCO[N+](=O)[O-])c(C)c1C. The van der Waals surface area contributed by atoms with Crippen LogP contribution in [0.5, 0.6) is 11.5 Å². The second-order valence-corrected chi connectivity index (χ2v) is 7.57. The van der Waals surface area contributed by atoms with Gasteiger partial charge in [-0.05, 0) is 49.9 Å². The van der Waals surface area contributed by atoms with E-state index in [0.29, 0.717) is 24.6 Å². The first kappa shape index (κ1) is 27.1. The highest BCUT2D eigenvalue weighted by Gasteiger charge is 2.16. The Balaban J connectivity index is 2.33. The minimum Gasteiger partial charge on any atom is -0.491 e. The molecule has 0 aliphatic rings. The van der Waals surface area contributed by atoms with E-state index < -0.39 is 17.1 Å².